The number of ether oxygens (including phenoxy) is 1. The van der Waals surface area contributed by atoms with Gasteiger partial charge >= 0.3 is 0 Å². The molecule has 5 heteroatoms. The van der Waals surface area contributed by atoms with Crippen molar-refractivity contribution in [3.63, 3.8) is 0 Å². The molecule has 21 heavy (non-hydrogen) atoms. The van der Waals surface area contributed by atoms with Gasteiger partial charge in [0.25, 0.3) is 5.91 Å². The van der Waals surface area contributed by atoms with Crippen LogP contribution in [0.5, 0.6) is 0 Å². The Morgan fingerprint density at radius 2 is 1.95 bits per heavy atom. The molecular formula is C16H17N3O2. The quantitative estimate of drug-likeness (QED) is 0.866. The Hall–Kier alpha value is -2.14. The van der Waals surface area contributed by atoms with E-state index in [1.54, 1.807) is 6.07 Å². The van der Waals surface area contributed by atoms with Crippen molar-refractivity contribution in [2.24, 2.45) is 0 Å². The molecule has 1 aromatic carbocycles. The number of para-hydroxylation sites is 1. The van der Waals surface area contributed by atoms with E-state index in [1.807, 2.05) is 29.2 Å². The first-order chi connectivity index (χ1) is 10.2. The number of aromatic nitrogens is 1. The van der Waals surface area contributed by atoms with Gasteiger partial charge in [-0.25, -0.2) is 4.98 Å². The minimum atomic E-state index is -0.0485. The fourth-order valence-corrected chi connectivity index (χ4v) is 3.25. The summed E-state index contributed by atoms with van der Waals surface area (Å²) in [7, 11) is 0. The van der Waals surface area contributed by atoms with Crippen molar-refractivity contribution >= 4 is 22.5 Å². The Labute approximate surface area is 122 Å². The van der Waals surface area contributed by atoms with Crippen LogP contribution in [0.2, 0.25) is 0 Å². The second-order valence-electron chi connectivity index (χ2n) is 5.78. The van der Waals surface area contributed by atoms with E-state index in [-0.39, 0.29) is 18.1 Å². The third-order valence-corrected chi connectivity index (χ3v) is 4.30. The van der Waals surface area contributed by atoms with Gasteiger partial charge in [-0.15, -0.1) is 0 Å². The highest BCUT2D eigenvalue weighted by Gasteiger charge is 2.36. The second-order valence-corrected chi connectivity index (χ2v) is 5.78. The van der Waals surface area contributed by atoms with Crippen LogP contribution in [-0.4, -0.2) is 41.1 Å². The van der Waals surface area contributed by atoms with Gasteiger partial charge < -0.3 is 15.4 Å². The van der Waals surface area contributed by atoms with E-state index in [0.717, 1.165) is 23.7 Å². The number of hydrogen-bond donors (Lipinski definition) is 1. The van der Waals surface area contributed by atoms with Gasteiger partial charge in [-0.1, -0.05) is 18.2 Å². The van der Waals surface area contributed by atoms with E-state index in [1.165, 1.54) is 0 Å². The van der Waals surface area contributed by atoms with Crippen molar-refractivity contribution in [3.05, 3.63) is 36.0 Å². The van der Waals surface area contributed by atoms with Crippen LogP contribution >= 0.6 is 0 Å². The summed E-state index contributed by atoms with van der Waals surface area (Å²) >= 11 is 0. The molecule has 108 valence electrons. The molecule has 1 amide bonds. The summed E-state index contributed by atoms with van der Waals surface area (Å²) < 4.78 is 5.77. The maximum atomic E-state index is 12.7. The van der Waals surface area contributed by atoms with Gasteiger partial charge in [-0.3, -0.25) is 4.79 Å². The van der Waals surface area contributed by atoms with Crippen molar-refractivity contribution < 1.29 is 9.53 Å². The number of carbonyl (C=O) groups is 1. The SMILES string of the molecule is Nc1cc(C(=O)N2CC3CCC(C2)O3)nc2ccccc12. The number of hydrogen-bond acceptors (Lipinski definition) is 4. The first-order valence-corrected chi connectivity index (χ1v) is 7.31. The summed E-state index contributed by atoms with van der Waals surface area (Å²) in [6, 6.07) is 9.30. The van der Waals surface area contributed by atoms with Crippen molar-refractivity contribution in [2.75, 3.05) is 18.8 Å². The van der Waals surface area contributed by atoms with Crippen LogP contribution in [0.4, 0.5) is 5.69 Å². The average molecular weight is 283 g/mol. The number of fused-ring (bicyclic) bond motifs is 3. The Bertz CT molecular complexity index is 704. The number of pyridine rings is 1. The molecule has 0 saturated carbocycles. The smallest absolute Gasteiger partial charge is 0.272 e. The molecular weight excluding hydrogens is 266 g/mol. The third-order valence-electron chi connectivity index (χ3n) is 4.30. The molecule has 0 spiro atoms. The number of nitrogens with two attached hydrogens (primary N) is 1. The lowest BCUT2D eigenvalue weighted by molar-refractivity contribution is -0.0305. The number of anilines is 1. The molecule has 2 aromatic rings. The molecule has 4 rings (SSSR count). The van der Waals surface area contributed by atoms with Crippen LogP contribution in [0.15, 0.2) is 30.3 Å². The summed E-state index contributed by atoms with van der Waals surface area (Å²) in [5.74, 6) is -0.0485. The number of likely N-dealkylation sites (tertiary alicyclic amines) is 1. The predicted octanol–water partition coefficient (Wildman–Crippen LogP) is 1.82. The minimum absolute atomic E-state index is 0.0485. The van der Waals surface area contributed by atoms with Crippen molar-refractivity contribution in [1.29, 1.82) is 0 Å². The molecule has 2 aliphatic rings. The van der Waals surface area contributed by atoms with Crippen LogP contribution in [0, 0.1) is 0 Å². The highest BCUT2D eigenvalue weighted by Crippen LogP contribution is 2.28. The standard InChI is InChI=1S/C16H17N3O2/c17-13-7-15(18-14-4-2-1-3-12(13)14)16(20)19-8-10-5-6-11(9-19)21-10/h1-4,7,10-11H,5-6,8-9H2,(H2,17,18). The fourth-order valence-electron chi connectivity index (χ4n) is 3.25. The molecule has 0 aliphatic carbocycles. The number of carbonyl (C=O) groups excluding carboxylic acids is 1. The van der Waals surface area contributed by atoms with Crippen LogP contribution < -0.4 is 5.73 Å². The maximum Gasteiger partial charge on any atom is 0.272 e. The lowest BCUT2D eigenvalue weighted by Crippen LogP contribution is -2.46. The zero-order valence-corrected chi connectivity index (χ0v) is 11.7. The molecule has 2 saturated heterocycles. The molecule has 2 unspecified atom stereocenters. The molecule has 3 heterocycles. The van der Waals surface area contributed by atoms with Gasteiger partial charge in [-0.05, 0) is 25.0 Å². The second kappa shape index (κ2) is 4.70. The zero-order chi connectivity index (χ0) is 14.4. The van der Waals surface area contributed by atoms with E-state index >= 15 is 0 Å². The molecule has 5 nitrogen and oxygen atoms in total. The first kappa shape index (κ1) is 12.6. The van der Waals surface area contributed by atoms with Gasteiger partial charge in [0.15, 0.2) is 0 Å². The van der Waals surface area contributed by atoms with Gasteiger partial charge in [0, 0.05) is 24.2 Å². The molecule has 2 bridgehead atoms. The van der Waals surface area contributed by atoms with Gasteiger partial charge in [0.05, 0.1) is 17.7 Å². The van der Waals surface area contributed by atoms with E-state index in [2.05, 4.69) is 4.98 Å². The monoisotopic (exact) mass is 283 g/mol. The lowest BCUT2D eigenvalue weighted by atomic mass is 10.1. The van der Waals surface area contributed by atoms with E-state index in [9.17, 15) is 4.79 Å². The van der Waals surface area contributed by atoms with E-state index < -0.39 is 0 Å². The molecule has 2 fully saturated rings. The molecule has 2 aliphatic heterocycles. The Balaban J connectivity index is 1.68. The highest BCUT2D eigenvalue weighted by molar-refractivity contribution is 5.99. The number of amides is 1. The lowest BCUT2D eigenvalue weighted by Gasteiger charge is -2.32. The van der Waals surface area contributed by atoms with E-state index in [4.69, 9.17) is 10.5 Å². The summed E-state index contributed by atoms with van der Waals surface area (Å²) in [5.41, 5.74) is 7.84. The van der Waals surface area contributed by atoms with Crippen LogP contribution in [0.1, 0.15) is 23.3 Å². The van der Waals surface area contributed by atoms with Crippen LogP contribution in [-0.2, 0) is 4.74 Å². The largest absolute Gasteiger partial charge is 0.398 e. The Kier molecular flexibility index (Phi) is 2.82. The summed E-state index contributed by atoms with van der Waals surface area (Å²) in [4.78, 5) is 19.0. The van der Waals surface area contributed by atoms with Gasteiger partial charge in [0.2, 0.25) is 0 Å². The van der Waals surface area contributed by atoms with Gasteiger partial charge in [-0.2, -0.15) is 0 Å². The maximum absolute atomic E-state index is 12.7. The van der Waals surface area contributed by atoms with Crippen LogP contribution in [0.25, 0.3) is 10.9 Å². The minimum Gasteiger partial charge on any atom is -0.398 e. The van der Waals surface area contributed by atoms with Crippen molar-refractivity contribution in [2.45, 2.75) is 25.0 Å². The average Bonchev–Trinajstić information content (AvgIpc) is 2.85. The van der Waals surface area contributed by atoms with E-state index in [0.29, 0.717) is 24.5 Å². The predicted molar refractivity (Wildman–Crippen MR) is 80.0 cm³/mol. The normalized spacial score (nSPS) is 24.5. The number of rotatable bonds is 1. The van der Waals surface area contributed by atoms with Crippen LogP contribution in [0.3, 0.4) is 0 Å². The summed E-state index contributed by atoms with van der Waals surface area (Å²) in [6.07, 6.45) is 2.46. The summed E-state index contributed by atoms with van der Waals surface area (Å²) in [6.45, 7) is 1.31. The molecule has 2 atom stereocenters. The zero-order valence-electron chi connectivity index (χ0n) is 11.7. The Morgan fingerprint density at radius 1 is 1.24 bits per heavy atom. The number of benzene rings is 1. The number of nitrogen functional groups attached to an aromatic ring is 1. The molecule has 0 radical (unpaired) electrons. The molecule has 2 N–H and O–H groups in total. The topological polar surface area (TPSA) is 68.5 Å². The fraction of sp³-hybridized carbons (Fsp3) is 0.375. The summed E-state index contributed by atoms with van der Waals surface area (Å²) in [5, 5.41) is 0.885. The number of nitrogens with zero attached hydrogens (tertiary/aromatic N) is 2. The van der Waals surface area contributed by atoms with Crippen molar-refractivity contribution in [3.8, 4) is 0 Å². The van der Waals surface area contributed by atoms with Crippen molar-refractivity contribution in [1.82, 2.24) is 9.88 Å². The number of morpholine rings is 1. The van der Waals surface area contributed by atoms with Gasteiger partial charge in [0.1, 0.15) is 5.69 Å². The first-order valence-electron chi connectivity index (χ1n) is 7.31. The molecule has 1 aromatic heterocycles. The third kappa shape index (κ3) is 2.14. The Morgan fingerprint density at radius 3 is 2.71 bits per heavy atom. The highest BCUT2D eigenvalue weighted by atomic mass is 16.5.